The summed E-state index contributed by atoms with van der Waals surface area (Å²) in [7, 11) is -10.9. The third-order valence-electron chi connectivity index (χ3n) is 21.5. The molecule has 0 radical (unpaired) electrons. The second-order valence-corrected chi connectivity index (χ2v) is 25.8. The first kappa shape index (κ1) is 37.2. The van der Waals surface area contributed by atoms with Gasteiger partial charge in [-0.15, -0.1) is 0 Å². The van der Waals surface area contributed by atoms with E-state index in [4.69, 9.17) is 4.18 Å². The Labute approximate surface area is 350 Å². The van der Waals surface area contributed by atoms with Crippen molar-refractivity contribution in [3.8, 4) is 5.75 Å². The maximum atomic E-state index is 15.8. The normalized spacial score (nSPS) is 49.2. The molecule has 0 aliphatic heterocycles. The molecule has 12 fully saturated rings. The minimum Gasteiger partial charge on any atom is -0.372 e. The first-order valence-electron chi connectivity index (χ1n) is 23.7. The van der Waals surface area contributed by atoms with Gasteiger partial charge in [0.05, 0.1) is 0 Å². The molecule has 0 heterocycles. The average Bonchev–Trinajstić information content (AvgIpc) is 4.07. The zero-order valence-corrected chi connectivity index (χ0v) is 35.3. The second kappa shape index (κ2) is 12.1. The van der Waals surface area contributed by atoms with Crippen LogP contribution in [0.4, 0.5) is 17.6 Å². The number of hydrogen-bond acceptors (Lipinski definition) is 5. The molecule has 0 aromatic heterocycles. The molecule has 0 amide bonds. The molecule has 0 spiro atoms. The van der Waals surface area contributed by atoms with Crippen molar-refractivity contribution in [1.29, 1.82) is 0 Å². The van der Waals surface area contributed by atoms with Crippen LogP contribution in [0.1, 0.15) is 131 Å². The van der Waals surface area contributed by atoms with Crippen LogP contribution < -0.4 is 4.18 Å². The summed E-state index contributed by atoms with van der Waals surface area (Å²) < 4.78 is 131. The van der Waals surface area contributed by atoms with Gasteiger partial charge in [0.15, 0.2) is 16.5 Å². The molecule has 14 rings (SSSR count). The highest BCUT2D eigenvalue weighted by molar-refractivity contribution is 7.87. The van der Waals surface area contributed by atoms with Gasteiger partial charge in [0, 0.05) is 0 Å². The van der Waals surface area contributed by atoms with Gasteiger partial charge in [-0.2, -0.15) is 25.6 Å². The highest BCUT2D eigenvalue weighted by atomic mass is 32.2. The van der Waals surface area contributed by atoms with Gasteiger partial charge in [-0.1, -0.05) is 12.1 Å². The Morgan fingerprint density at radius 1 is 0.450 bits per heavy atom. The Balaban J connectivity index is 0.951. The van der Waals surface area contributed by atoms with Crippen molar-refractivity contribution in [3.63, 3.8) is 0 Å². The fraction of sp³-hybridized carbons (Fsp3) is 0.750. The Kier molecular flexibility index (Phi) is 7.52. The monoisotopic (exact) mass is 866 g/mol. The SMILES string of the molecule is O=S(=O)(O)c1c(F)c(F)c(OS(=O)(=O)c2c(C3CC4CC3C3C5CCC(C5)C43)cc(C3CC4CC3C3C5CCC(C5)C43)cc2C2CC3CC2C2C4CCC(C4)C32)c(F)c1F. The zero-order valence-electron chi connectivity index (χ0n) is 33.7. The largest absolute Gasteiger partial charge is 0.372 e. The van der Waals surface area contributed by atoms with E-state index in [0.29, 0.717) is 76.2 Å². The van der Waals surface area contributed by atoms with Crippen LogP contribution in [-0.4, -0.2) is 21.4 Å². The maximum Gasteiger partial charge on any atom is 0.339 e. The molecule has 6 nitrogen and oxygen atoms in total. The maximum absolute atomic E-state index is 15.8. The Morgan fingerprint density at radius 3 is 1.22 bits per heavy atom. The summed E-state index contributed by atoms with van der Waals surface area (Å²) in [5.41, 5.74) is 2.60. The smallest absolute Gasteiger partial charge is 0.339 e. The summed E-state index contributed by atoms with van der Waals surface area (Å²) in [6.07, 6.45) is 17.6. The van der Waals surface area contributed by atoms with Crippen molar-refractivity contribution in [2.24, 2.45) is 107 Å². The van der Waals surface area contributed by atoms with Crippen LogP contribution in [0.25, 0.3) is 0 Å². The lowest BCUT2D eigenvalue weighted by Crippen LogP contribution is -2.35. The number of hydrogen-bond donors (Lipinski definition) is 1. The van der Waals surface area contributed by atoms with Crippen LogP contribution in [0.5, 0.6) is 5.75 Å². The second-order valence-electron chi connectivity index (χ2n) is 22.9. The molecular weight excluding hydrogens is 813 g/mol. The lowest BCUT2D eigenvalue weighted by molar-refractivity contribution is 0.126. The molecule has 322 valence electrons. The molecule has 1 N–H and O–H groups in total. The van der Waals surface area contributed by atoms with Crippen LogP contribution in [0, 0.1) is 130 Å². The highest BCUT2D eigenvalue weighted by Gasteiger charge is 2.66. The third kappa shape index (κ3) is 4.66. The molecule has 21 atom stereocenters. The van der Waals surface area contributed by atoms with E-state index in [-0.39, 0.29) is 28.6 Å². The minimum atomic E-state index is -5.75. The van der Waals surface area contributed by atoms with Gasteiger partial charge < -0.3 is 4.18 Å². The van der Waals surface area contributed by atoms with Gasteiger partial charge in [0.1, 0.15) is 4.90 Å². The average molecular weight is 867 g/mol. The lowest BCUT2D eigenvalue weighted by Gasteiger charge is -2.42. The van der Waals surface area contributed by atoms with Crippen LogP contribution in [0.2, 0.25) is 0 Å². The minimum absolute atomic E-state index is 0.0554. The summed E-state index contributed by atoms with van der Waals surface area (Å²) in [6.45, 7) is 0. The van der Waals surface area contributed by atoms with Crippen LogP contribution in [0.3, 0.4) is 0 Å². The first-order chi connectivity index (χ1) is 28.7. The highest BCUT2D eigenvalue weighted by Crippen LogP contribution is 2.74. The third-order valence-corrected chi connectivity index (χ3v) is 23.7. The zero-order chi connectivity index (χ0) is 40.6. The van der Waals surface area contributed by atoms with E-state index >= 15 is 26.0 Å². The molecule has 21 unspecified atom stereocenters. The van der Waals surface area contributed by atoms with Gasteiger partial charge in [0.25, 0.3) is 0 Å². The fourth-order valence-corrected chi connectivity index (χ4v) is 22.7. The number of fused-ring (bicyclic) bond motifs is 27. The number of rotatable bonds is 7. The van der Waals surface area contributed by atoms with Crippen molar-refractivity contribution in [2.45, 2.75) is 124 Å². The molecule has 12 heteroatoms. The quantitative estimate of drug-likeness (QED) is 0.0979. The van der Waals surface area contributed by atoms with Crippen LogP contribution in [-0.2, 0) is 20.2 Å². The van der Waals surface area contributed by atoms with E-state index in [1.807, 2.05) is 0 Å². The molecule has 0 saturated heterocycles. The van der Waals surface area contributed by atoms with Crippen molar-refractivity contribution >= 4 is 20.2 Å². The van der Waals surface area contributed by atoms with E-state index in [0.717, 1.165) is 67.6 Å². The van der Waals surface area contributed by atoms with E-state index in [9.17, 15) is 13.0 Å². The van der Waals surface area contributed by atoms with Crippen molar-refractivity contribution in [3.05, 3.63) is 52.1 Å². The van der Waals surface area contributed by atoms with E-state index in [1.54, 1.807) is 0 Å². The molecular formula is C48H54F4O6S2. The summed E-state index contributed by atoms with van der Waals surface area (Å²) in [5, 5.41) is 0. The Bertz CT molecular complexity index is 2390. The molecule has 60 heavy (non-hydrogen) atoms. The van der Waals surface area contributed by atoms with Crippen molar-refractivity contribution in [1.82, 2.24) is 0 Å². The summed E-state index contributed by atoms with van der Waals surface area (Å²) >= 11 is 0. The molecule has 12 aliphatic rings. The topological polar surface area (TPSA) is 97.7 Å². The Hall–Kier alpha value is -2.18. The summed E-state index contributed by atoms with van der Waals surface area (Å²) in [4.78, 5) is -2.28. The first-order valence-corrected chi connectivity index (χ1v) is 26.6. The fourth-order valence-electron chi connectivity index (χ4n) is 20.6. The van der Waals surface area contributed by atoms with Gasteiger partial charge in [0.2, 0.25) is 17.4 Å². The molecule has 2 aromatic rings. The van der Waals surface area contributed by atoms with E-state index in [1.165, 1.54) is 69.8 Å². The van der Waals surface area contributed by atoms with Gasteiger partial charge in [-0.3, -0.25) is 4.55 Å². The predicted molar refractivity (Wildman–Crippen MR) is 211 cm³/mol. The lowest BCUT2D eigenvalue weighted by atomic mass is 9.63. The van der Waals surface area contributed by atoms with Gasteiger partial charge in [-0.25, -0.2) is 8.78 Å². The molecule has 12 bridgehead atoms. The van der Waals surface area contributed by atoms with E-state index in [2.05, 4.69) is 12.1 Å². The Morgan fingerprint density at radius 2 is 0.817 bits per heavy atom. The van der Waals surface area contributed by atoms with Gasteiger partial charge in [-0.05, 0) is 237 Å². The van der Waals surface area contributed by atoms with Gasteiger partial charge >= 0.3 is 20.2 Å². The summed E-state index contributed by atoms with van der Waals surface area (Å²) in [6, 6.07) is 4.34. The number of halogens is 4. The van der Waals surface area contributed by atoms with Crippen molar-refractivity contribution < 1.29 is 43.1 Å². The molecule has 12 aliphatic carbocycles. The standard InChI is InChI=1S/C48H54F4O6S2/c49-42-44(51)48(59(53,54)55)45(52)43(50)46(42)58-60(56,57)47-34(29-13-26-16-32(29)40-22-5-2-19(8-22)37(26)40)10-24(28-12-25-15-31(28)39-21-4-1-18(7-21)36(25)39)11-35(47)30-14-27-17-33(30)41-23-6-3-20(9-23)38(27)41/h10-11,18-23,25-33,36-41H,1-9,12-17H2,(H,53,54,55). The summed E-state index contributed by atoms with van der Waals surface area (Å²) in [5.74, 6) is -0.113. The van der Waals surface area contributed by atoms with Crippen LogP contribution >= 0.6 is 0 Å². The van der Waals surface area contributed by atoms with Crippen LogP contribution in [0.15, 0.2) is 21.9 Å². The molecule has 12 saturated carbocycles. The van der Waals surface area contributed by atoms with E-state index < -0.39 is 54.2 Å². The molecule has 2 aromatic carbocycles. The predicted octanol–water partition coefficient (Wildman–Crippen LogP) is 10.6. The number of benzene rings is 2. The van der Waals surface area contributed by atoms with Crippen molar-refractivity contribution in [2.75, 3.05) is 0 Å².